The van der Waals surface area contributed by atoms with Gasteiger partial charge in [-0.25, -0.2) is 0 Å². The fourth-order valence-electron chi connectivity index (χ4n) is 0.348. The fourth-order valence-corrected chi connectivity index (χ4v) is 0.348. The molecule has 0 amide bonds. The van der Waals surface area contributed by atoms with Crippen LogP contribution in [-0.2, 0) is 0 Å². The molecule has 0 radical (unpaired) electrons. The quantitative estimate of drug-likeness (QED) is 0.493. The van der Waals surface area contributed by atoms with Crippen LogP contribution in [0, 0.1) is 11.3 Å². The zero-order valence-electron chi connectivity index (χ0n) is 6.05. The van der Waals surface area contributed by atoms with Crippen molar-refractivity contribution in [3.8, 4) is 6.07 Å². The van der Waals surface area contributed by atoms with Gasteiger partial charge < -0.3 is 0 Å². The van der Waals surface area contributed by atoms with Crippen molar-refractivity contribution in [1.82, 2.24) is 4.98 Å². The van der Waals surface area contributed by atoms with Crippen LogP contribution in [0.25, 0.3) is 0 Å². The number of hydrogen-bond donors (Lipinski definition) is 0. The maximum absolute atomic E-state index is 8.34. The lowest BCUT2D eigenvalue weighted by Gasteiger charge is -1.79. The third-order valence-electron chi connectivity index (χ3n) is 0.681. The van der Waals surface area contributed by atoms with Crippen molar-refractivity contribution < 1.29 is 2.74 Å². The van der Waals surface area contributed by atoms with Gasteiger partial charge in [0.15, 0.2) is 0 Å². The number of nitrogens with zero attached hydrogens (tertiary/aromatic N) is 2. The summed E-state index contributed by atoms with van der Waals surface area (Å²) in [6, 6.07) is 3.08. The van der Waals surface area contributed by atoms with Gasteiger partial charge in [0.2, 0.25) is 0 Å². The van der Waals surface area contributed by atoms with E-state index in [1.165, 1.54) is 12.3 Å². The molecule has 1 aromatic heterocycles. The Bertz CT molecular complexity index is 290. The summed E-state index contributed by atoms with van der Waals surface area (Å²) >= 11 is 0. The van der Waals surface area contributed by atoms with Crippen molar-refractivity contribution in [2.75, 3.05) is 0 Å². The molecule has 0 aliphatic carbocycles. The van der Waals surface area contributed by atoms with Crippen LogP contribution in [-0.4, -0.2) is 4.98 Å². The van der Waals surface area contributed by atoms with Crippen LogP contribution in [0.2, 0.25) is 0 Å². The van der Waals surface area contributed by atoms with Crippen LogP contribution < -0.4 is 0 Å². The number of hydrogen-bond acceptors (Lipinski definition) is 2. The smallest absolute Gasteiger partial charge is 0.101 e. The second-order valence-electron chi connectivity index (χ2n) is 1.20. The van der Waals surface area contributed by atoms with Gasteiger partial charge in [-0.15, -0.1) is 0 Å². The Kier molecular flexibility index (Phi) is 0.736. The second-order valence-corrected chi connectivity index (χ2v) is 1.20. The highest BCUT2D eigenvalue weighted by Gasteiger charge is 1.80. The molecule has 0 aliphatic heterocycles. The van der Waals surface area contributed by atoms with Gasteiger partial charge in [0.1, 0.15) is 6.07 Å². The largest absolute Gasteiger partial charge is 0.263 e. The van der Waals surface area contributed by atoms with E-state index in [9.17, 15) is 0 Å². The number of rotatable bonds is 0. The first-order valence-corrected chi connectivity index (χ1v) is 2.07. The molecule has 1 aromatic rings. The molecule has 8 heavy (non-hydrogen) atoms. The predicted molar refractivity (Wildman–Crippen MR) is 29.0 cm³/mol. The van der Waals surface area contributed by atoms with Gasteiger partial charge in [0.05, 0.1) is 8.30 Å². The minimum Gasteiger partial charge on any atom is -0.263 e. The molecule has 0 fully saturated rings. The van der Waals surface area contributed by atoms with E-state index in [-0.39, 0.29) is 17.8 Å². The molecule has 0 aliphatic rings. The first kappa shape index (κ1) is 2.83. The van der Waals surface area contributed by atoms with E-state index in [2.05, 4.69) is 4.98 Å². The van der Waals surface area contributed by atoms with Gasteiger partial charge in [-0.1, -0.05) is 0 Å². The molecule has 1 heterocycles. The molecule has 38 valence electrons. The van der Waals surface area contributed by atoms with Gasteiger partial charge in [-0.3, -0.25) is 4.98 Å². The maximum atomic E-state index is 8.34. The number of nitriles is 1. The van der Waals surface area contributed by atoms with E-state index in [1.807, 2.05) is 0 Å². The molecule has 0 bridgehead atoms. The fraction of sp³-hybridized carbons (Fsp3) is 0. The molecule has 0 N–H and O–H groups in total. The summed E-state index contributed by atoms with van der Waals surface area (Å²) in [5.41, 5.74) is 0.205. The summed E-state index contributed by atoms with van der Waals surface area (Å²) in [4.78, 5) is 3.53. The highest BCUT2D eigenvalue weighted by atomic mass is 14.6. The average molecular weight is 106 g/mol. The minimum atomic E-state index is 0.0176. The van der Waals surface area contributed by atoms with Crippen molar-refractivity contribution in [2.24, 2.45) is 0 Å². The van der Waals surface area contributed by atoms with Crippen molar-refractivity contribution in [1.29, 1.82) is 5.26 Å². The second kappa shape index (κ2) is 2.08. The van der Waals surface area contributed by atoms with Gasteiger partial charge in [-0.2, -0.15) is 5.26 Å². The van der Waals surface area contributed by atoms with Crippen molar-refractivity contribution in [2.45, 2.75) is 0 Å². The van der Waals surface area contributed by atoms with Crippen LogP contribution >= 0.6 is 0 Å². The molecule has 2 nitrogen and oxygen atoms in total. The summed E-state index contributed by atoms with van der Waals surface area (Å²) in [6.45, 7) is 0. The summed E-state index contributed by atoms with van der Waals surface area (Å²) in [7, 11) is 0. The summed E-state index contributed by atoms with van der Waals surface area (Å²) < 4.78 is 14.1. The molecular weight excluding hydrogens is 100 g/mol. The van der Waals surface area contributed by atoms with Gasteiger partial charge >= 0.3 is 0 Å². The Morgan fingerprint density at radius 3 is 3.38 bits per heavy atom. The SMILES string of the molecule is [2H]c1cc([2H])c(C#N)cn1. The molecule has 0 saturated carbocycles. The standard InChI is InChI=1S/C6H4N2/c7-4-6-2-1-3-8-5-6/h1-3,5H/i2D,3D. The number of pyridine rings is 1. The van der Waals surface area contributed by atoms with E-state index in [0.717, 1.165) is 0 Å². The van der Waals surface area contributed by atoms with Gasteiger partial charge in [0, 0.05) is 12.4 Å². The van der Waals surface area contributed by atoms with Crippen LogP contribution in [0.5, 0.6) is 0 Å². The first-order chi connectivity index (χ1) is 4.74. The molecule has 0 atom stereocenters. The highest BCUT2D eigenvalue weighted by molar-refractivity contribution is 5.23. The zero-order valence-corrected chi connectivity index (χ0v) is 4.05. The Morgan fingerprint density at radius 1 is 1.88 bits per heavy atom. The highest BCUT2D eigenvalue weighted by Crippen LogP contribution is 1.89. The first-order valence-electron chi connectivity index (χ1n) is 3.07. The topological polar surface area (TPSA) is 36.7 Å². The lowest BCUT2D eigenvalue weighted by Crippen LogP contribution is -1.72. The van der Waals surface area contributed by atoms with E-state index in [1.54, 1.807) is 6.07 Å². The monoisotopic (exact) mass is 106 g/mol. The van der Waals surface area contributed by atoms with E-state index in [0.29, 0.717) is 0 Å². The zero-order chi connectivity index (χ0) is 7.56. The summed E-state index contributed by atoms with van der Waals surface area (Å²) in [5.74, 6) is 0. The van der Waals surface area contributed by atoms with Crippen LogP contribution in [0.1, 0.15) is 8.30 Å². The lowest BCUT2D eigenvalue weighted by molar-refractivity contribution is 1.30. The summed E-state index contributed by atoms with van der Waals surface area (Å²) in [5, 5.41) is 8.34. The van der Waals surface area contributed by atoms with Crippen molar-refractivity contribution >= 4 is 0 Å². The molecule has 0 aromatic carbocycles. The molecule has 1 rings (SSSR count). The molecule has 0 saturated heterocycles. The average Bonchev–Trinajstić information content (AvgIpc) is 1.88. The third-order valence-corrected chi connectivity index (χ3v) is 0.681. The predicted octanol–water partition coefficient (Wildman–Crippen LogP) is 0.953. The lowest BCUT2D eigenvalue weighted by atomic mass is 10.3. The van der Waals surface area contributed by atoms with E-state index < -0.39 is 0 Å². The van der Waals surface area contributed by atoms with Crippen LogP contribution in [0.3, 0.4) is 0 Å². The Balaban J connectivity index is 3.23. The minimum absolute atomic E-state index is 0.0176. The van der Waals surface area contributed by atoms with Gasteiger partial charge in [0.25, 0.3) is 0 Å². The molecule has 2 heteroatoms. The van der Waals surface area contributed by atoms with E-state index in [4.69, 9.17) is 8.00 Å². The van der Waals surface area contributed by atoms with Crippen molar-refractivity contribution in [3.05, 3.63) is 30.0 Å². The van der Waals surface area contributed by atoms with Crippen molar-refractivity contribution in [3.63, 3.8) is 0 Å². The summed E-state index contributed by atoms with van der Waals surface area (Å²) in [6.07, 6.45) is 1.24. The van der Waals surface area contributed by atoms with Crippen LogP contribution in [0.15, 0.2) is 24.5 Å². The Morgan fingerprint density at radius 2 is 2.75 bits per heavy atom. The molecule has 0 spiro atoms. The third kappa shape index (κ3) is 0.824. The number of aromatic nitrogens is 1. The van der Waals surface area contributed by atoms with Gasteiger partial charge in [-0.05, 0) is 12.1 Å². The normalized spacial score (nSPS) is 11.4. The Labute approximate surface area is 50.2 Å². The Hall–Kier alpha value is -1.36. The maximum Gasteiger partial charge on any atom is 0.101 e. The van der Waals surface area contributed by atoms with E-state index >= 15 is 0 Å². The van der Waals surface area contributed by atoms with Crippen LogP contribution in [0.4, 0.5) is 0 Å². The molecular formula is C6H4N2. The molecule has 0 unspecified atom stereocenters.